The lowest BCUT2D eigenvalue weighted by Crippen LogP contribution is -2.39. The zero-order chi connectivity index (χ0) is 20.0. The Labute approximate surface area is 170 Å². The predicted octanol–water partition coefficient (Wildman–Crippen LogP) is 4.04. The van der Waals surface area contributed by atoms with Crippen LogP contribution in [0.4, 0.5) is 0 Å². The van der Waals surface area contributed by atoms with Gasteiger partial charge in [-0.25, -0.2) is 9.13 Å². The number of carboxylic acid groups (broad SMARTS) is 1. The first-order valence-electron chi connectivity index (χ1n) is 11.0. The lowest BCUT2D eigenvalue weighted by molar-refractivity contribution is -0.695. The van der Waals surface area contributed by atoms with Crippen molar-refractivity contribution in [2.24, 2.45) is 0 Å². The van der Waals surface area contributed by atoms with Gasteiger partial charge in [0.05, 0.1) is 5.97 Å². The molecule has 0 bridgehead atoms. The van der Waals surface area contributed by atoms with E-state index in [1.54, 1.807) is 0 Å². The van der Waals surface area contributed by atoms with Gasteiger partial charge in [-0.1, -0.05) is 95.0 Å². The lowest BCUT2D eigenvalue weighted by Gasteiger charge is -2.07. The summed E-state index contributed by atoms with van der Waals surface area (Å²) in [6, 6.07) is 10.3. The number of rotatable bonds is 15. The summed E-state index contributed by atoms with van der Waals surface area (Å²) in [4.78, 5) is 11.1. The quantitative estimate of drug-likeness (QED) is 0.344. The highest BCUT2D eigenvalue weighted by Crippen LogP contribution is 2.12. The van der Waals surface area contributed by atoms with Gasteiger partial charge >= 0.3 is 0 Å². The van der Waals surface area contributed by atoms with Crippen molar-refractivity contribution in [2.75, 3.05) is 0 Å². The van der Waals surface area contributed by atoms with Crippen molar-refractivity contribution in [3.8, 4) is 0 Å². The predicted molar refractivity (Wildman–Crippen MR) is 111 cm³/mol. The largest absolute Gasteiger partial charge is 0.546 e. The minimum atomic E-state index is -1.04. The van der Waals surface area contributed by atoms with Crippen LogP contribution in [0.5, 0.6) is 0 Å². The molecule has 0 radical (unpaired) electrons. The van der Waals surface area contributed by atoms with Crippen molar-refractivity contribution in [3.05, 3.63) is 54.1 Å². The standard InChI is InChI=1S/C24H36N2O2/c1-2-3-4-5-6-7-8-9-10-14-17-23-25(18-19-26(23)21-24(27)28)20-22-15-12-11-13-16-22/h11-13,15-16,18-19H,2-10,14,17,20-21H2,1H3. The lowest BCUT2D eigenvalue weighted by atomic mass is 10.1. The smallest absolute Gasteiger partial charge is 0.257 e. The molecule has 2 aromatic rings. The molecular weight excluding hydrogens is 348 g/mol. The minimum absolute atomic E-state index is 0.0745. The summed E-state index contributed by atoms with van der Waals surface area (Å²) < 4.78 is 4.00. The van der Waals surface area contributed by atoms with E-state index in [0.29, 0.717) is 0 Å². The zero-order valence-corrected chi connectivity index (χ0v) is 17.4. The van der Waals surface area contributed by atoms with Crippen LogP contribution in [0.3, 0.4) is 0 Å². The number of aliphatic carboxylic acids is 1. The van der Waals surface area contributed by atoms with Gasteiger partial charge in [0.2, 0.25) is 0 Å². The molecule has 2 rings (SSSR count). The van der Waals surface area contributed by atoms with Gasteiger partial charge < -0.3 is 9.90 Å². The molecule has 154 valence electrons. The third kappa shape index (κ3) is 8.28. The van der Waals surface area contributed by atoms with Crippen molar-refractivity contribution >= 4 is 5.97 Å². The molecule has 0 saturated carbocycles. The van der Waals surface area contributed by atoms with Gasteiger partial charge in [-0.15, -0.1) is 0 Å². The summed E-state index contributed by atoms with van der Waals surface area (Å²) in [5.41, 5.74) is 1.23. The Morgan fingerprint density at radius 1 is 0.929 bits per heavy atom. The van der Waals surface area contributed by atoms with Crippen LogP contribution in [0.15, 0.2) is 42.7 Å². The monoisotopic (exact) mass is 384 g/mol. The van der Waals surface area contributed by atoms with Crippen LogP contribution in [0, 0.1) is 0 Å². The Morgan fingerprint density at radius 3 is 2.14 bits per heavy atom. The highest BCUT2D eigenvalue weighted by molar-refractivity contribution is 5.64. The number of carboxylic acids is 1. The average Bonchev–Trinajstić information content (AvgIpc) is 3.04. The van der Waals surface area contributed by atoms with Crippen LogP contribution in [0.25, 0.3) is 0 Å². The average molecular weight is 385 g/mol. The SMILES string of the molecule is CCCCCCCCCCCCc1n(CC(=O)[O-])cc[n+]1Cc1ccccc1. The van der Waals surface area contributed by atoms with Crippen LogP contribution in [0.1, 0.15) is 82.5 Å². The molecule has 0 fully saturated rings. The normalized spacial score (nSPS) is 11.0. The highest BCUT2D eigenvalue weighted by atomic mass is 16.4. The summed E-state index contributed by atoms with van der Waals surface area (Å²) >= 11 is 0. The summed E-state index contributed by atoms with van der Waals surface area (Å²) in [7, 11) is 0. The van der Waals surface area contributed by atoms with Gasteiger partial charge in [-0.3, -0.25) is 0 Å². The molecule has 0 aliphatic heterocycles. The third-order valence-corrected chi connectivity index (χ3v) is 5.34. The van der Waals surface area contributed by atoms with E-state index in [1.807, 2.05) is 35.2 Å². The van der Waals surface area contributed by atoms with Gasteiger partial charge in [0.1, 0.15) is 25.5 Å². The number of carbonyl (C=O) groups is 1. The Balaban J connectivity index is 1.78. The summed E-state index contributed by atoms with van der Waals surface area (Å²) in [5.74, 6) is 0.0411. The molecule has 1 aromatic heterocycles. The van der Waals surface area contributed by atoms with Crippen LogP contribution >= 0.6 is 0 Å². The molecule has 0 aliphatic rings. The molecule has 0 spiro atoms. The number of unbranched alkanes of at least 4 members (excludes halogenated alkanes) is 9. The van der Waals surface area contributed by atoms with E-state index in [0.717, 1.165) is 25.2 Å². The van der Waals surface area contributed by atoms with Crippen molar-refractivity contribution in [1.29, 1.82) is 0 Å². The maximum Gasteiger partial charge on any atom is 0.257 e. The molecule has 28 heavy (non-hydrogen) atoms. The van der Waals surface area contributed by atoms with Crippen LogP contribution < -0.4 is 9.67 Å². The molecule has 4 heteroatoms. The second-order valence-electron chi connectivity index (χ2n) is 7.76. The first-order chi connectivity index (χ1) is 13.7. The van der Waals surface area contributed by atoms with Crippen molar-refractivity contribution in [1.82, 2.24) is 4.57 Å². The van der Waals surface area contributed by atoms with Crippen molar-refractivity contribution in [3.63, 3.8) is 0 Å². The second-order valence-corrected chi connectivity index (χ2v) is 7.76. The number of hydrogen-bond donors (Lipinski definition) is 0. The van der Waals surface area contributed by atoms with Gasteiger partial charge in [0.15, 0.2) is 0 Å². The number of nitrogens with zero attached hydrogens (tertiary/aromatic N) is 2. The van der Waals surface area contributed by atoms with Crippen LogP contribution in [-0.4, -0.2) is 10.5 Å². The Kier molecular flexibility index (Phi) is 10.4. The Morgan fingerprint density at radius 2 is 1.54 bits per heavy atom. The number of aromatic nitrogens is 2. The molecular formula is C24H36N2O2. The Hall–Kier alpha value is -2.10. The van der Waals surface area contributed by atoms with E-state index in [-0.39, 0.29) is 6.54 Å². The molecule has 0 saturated heterocycles. The summed E-state index contributed by atoms with van der Waals surface area (Å²) in [5, 5.41) is 11.1. The van der Waals surface area contributed by atoms with E-state index in [1.165, 1.54) is 63.4 Å². The van der Waals surface area contributed by atoms with Gasteiger partial charge in [0, 0.05) is 6.42 Å². The first-order valence-corrected chi connectivity index (χ1v) is 11.0. The molecule has 4 nitrogen and oxygen atoms in total. The molecule has 0 atom stereocenters. The maximum atomic E-state index is 11.1. The molecule has 1 aromatic carbocycles. The molecule has 0 unspecified atom stereocenters. The van der Waals surface area contributed by atoms with E-state index in [2.05, 4.69) is 23.6 Å². The topological polar surface area (TPSA) is 48.9 Å². The van der Waals surface area contributed by atoms with Gasteiger partial charge in [0.25, 0.3) is 5.82 Å². The van der Waals surface area contributed by atoms with Gasteiger partial charge in [-0.05, 0) is 12.0 Å². The fourth-order valence-corrected chi connectivity index (χ4v) is 3.76. The number of imidazole rings is 1. The number of benzene rings is 1. The summed E-state index contributed by atoms with van der Waals surface area (Å²) in [6.45, 7) is 2.95. The maximum absolute atomic E-state index is 11.1. The summed E-state index contributed by atoms with van der Waals surface area (Å²) in [6.07, 6.45) is 17.8. The zero-order valence-electron chi connectivity index (χ0n) is 17.4. The van der Waals surface area contributed by atoms with E-state index >= 15 is 0 Å². The Bertz CT molecular complexity index is 679. The highest BCUT2D eigenvalue weighted by Gasteiger charge is 2.17. The fourth-order valence-electron chi connectivity index (χ4n) is 3.76. The van der Waals surface area contributed by atoms with Crippen LogP contribution in [-0.2, 0) is 24.3 Å². The van der Waals surface area contributed by atoms with E-state index in [4.69, 9.17) is 0 Å². The molecule has 0 N–H and O–H groups in total. The molecule has 0 amide bonds. The first kappa shape index (κ1) is 22.2. The minimum Gasteiger partial charge on any atom is -0.546 e. The van der Waals surface area contributed by atoms with E-state index in [9.17, 15) is 9.90 Å². The second kappa shape index (κ2) is 13.1. The number of carbonyl (C=O) groups excluding carboxylic acids is 1. The van der Waals surface area contributed by atoms with Crippen molar-refractivity contribution in [2.45, 2.75) is 90.6 Å². The fraction of sp³-hybridized carbons (Fsp3) is 0.583. The van der Waals surface area contributed by atoms with Gasteiger partial charge in [-0.2, -0.15) is 0 Å². The number of hydrogen-bond acceptors (Lipinski definition) is 2. The van der Waals surface area contributed by atoms with Crippen molar-refractivity contribution < 1.29 is 14.5 Å². The van der Waals surface area contributed by atoms with Crippen LogP contribution in [0.2, 0.25) is 0 Å². The third-order valence-electron chi connectivity index (χ3n) is 5.34. The van der Waals surface area contributed by atoms with E-state index < -0.39 is 5.97 Å². The molecule has 0 aliphatic carbocycles. The molecule has 1 heterocycles.